The first-order valence-electron chi connectivity index (χ1n) is 5.88. The molecule has 1 fully saturated rings. The monoisotopic (exact) mass is 362 g/mol. The van der Waals surface area contributed by atoms with E-state index in [1.807, 2.05) is 12.3 Å². The van der Waals surface area contributed by atoms with Gasteiger partial charge in [-0.1, -0.05) is 0 Å². The molecule has 1 aromatic heterocycles. The number of nitrogens with zero attached hydrogens (tertiary/aromatic N) is 1. The van der Waals surface area contributed by atoms with Crippen molar-refractivity contribution in [1.82, 2.24) is 10.3 Å². The SMILES string of the molecule is Brc1cnc(CNCC2CCCCO2)c(Br)c1. The molecule has 0 radical (unpaired) electrons. The van der Waals surface area contributed by atoms with Gasteiger partial charge in [0.25, 0.3) is 0 Å². The summed E-state index contributed by atoms with van der Waals surface area (Å²) in [5, 5.41) is 3.40. The first kappa shape index (κ1) is 13.5. The predicted octanol–water partition coefficient (Wildman–Crippen LogP) is 3.27. The molecule has 1 aromatic rings. The zero-order chi connectivity index (χ0) is 12.1. The molecule has 1 aliphatic rings. The lowest BCUT2D eigenvalue weighted by Crippen LogP contribution is -2.31. The van der Waals surface area contributed by atoms with Gasteiger partial charge in [0.1, 0.15) is 0 Å². The van der Waals surface area contributed by atoms with Crippen molar-refractivity contribution in [2.75, 3.05) is 13.2 Å². The van der Waals surface area contributed by atoms with Gasteiger partial charge in [0.15, 0.2) is 0 Å². The lowest BCUT2D eigenvalue weighted by Gasteiger charge is -2.22. The van der Waals surface area contributed by atoms with E-state index in [0.29, 0.717) is 6.10 Å². The highest BCUT2D eigenvalue weighted by Gasteiger charge is 2.13. The minimum Gasteiger partial charge on any atom is -0.377 e. The number of hydrogen-bond donors (Lipinski definition) is 1. The number of ether oxygens (including phenoxy) is 1. The summed E-state index contributed by atoms with van der Waals surface area (Å²) in [4.78, 5) is 4.36. The third-order valence-corrected chi connectivity index (χ3v) is 3.94. The van der Waals surface area contributed by atoms with E-state index in [1.165, 1.54) is 19.3 Å². The van der Waals surface area contributed by atoms with Gasteiger partial charge in [-0.3, -0.25) is 4.98 Å². The van der Waals surface area contributed by atoms with Crippen molar-refractivity contribution in [2.45, 2.75) is 31.9 Å². The second-order valence-corrected chi connectivity index (χ2v) is 5.97. The number of pyridine rings is 1. The van der Waals surface area contributed by atoms with Crippen LogP contribution in [0.3, 0.4) is 0 Å². The van der Waals surface area contributed by atoms with E-state index in [1.54, 1.807) is 0 Å². The summed E-state index contributed by atoms with van der Waals surface area (Å²) in [6.45, 7) is 2.59. The van der Waals surface area contributed by atoms with Crippen molar-refractivity contribution in [1.29, 1.82) is 0 Å². The summed E-state index contributed by atoms with van der Waals surface area (Å²) in [6.07, 6.45) is 5.85. The molecule has 1 unspecified atom stereocenters. The Morgan fingerprint density at radius 2 is 2.29 bits per heavy atom. The van der Waals surface area contributed by atoms with Gasteiger partial charge in [-0.2, -0.15) is 0 Å². The van der Waals surface area contributed by atoms with Crippen molar-refractivity contribution in [2.24, 2.45) is 0 Å². The van der Waals surface area contributed by atoms with Crippen LogP contribution in [0.15, 0.2) is 21.2 Å². The van der Waals surface area contributed by atoms with Crippen LogP contribution in [0, 0.1) is 0 Å². The lowest BCUT2D eigenvalue weighted by atomic mass is 10.1. The maximum absolute atomic E-state index is 5.66. The van der Waals surface area contributed by atoms with Crippen molar-refractivity contribution in [3.8, 4) is 0 Å². The summed E-state index contributed by atoms with van der Waals surface area (Å²) in [5.41, 5.74) is 1.03. The lowest BCUT2D eigenvalue weighted by molar-refractivity contribution is 0.0167. The van der Waals surface area contributed by atoms with E-state index in [0.717, 1.165) is 34.3 Å². The molecule has 0 aliphatic carbocycles. The number of rotatable bonds is 4. The summed E-state index contributed by atoms with van der Waals surface area (Å²) in [7, 11) is 0. The van der Waals surface area contributed by atoms with Crippen molar-refractivity contribution in [3.05, 3.63) is 26.9 Å². The summed E-state index contributed by atoms with van der Waals surface area (Å²) < 4.78 is 7.68. The maximum atomic E-state index is 5.66. The molecule has 1 aliphatic heterocycles. The fraction of sp³-hybridized carbons (Fsp3) is 0.583. The molecule has 2 heterocycles. The van der Waals surface area contributed by atoms with Crippen molar-refractivity contribution in [3.63, 3.8) is 0 Å². The van der Waals surface area contributed by atoms with E-state index >= 15 is 0 Å². The number of halogens is 2. The van der Waals surface area contributed by atoms with Gasteiger partial charge in [0.2, 0.25) is 0 Å². The first-order valence-corrected chi connectivity index (χ1v) is 7.46. The Balaban J connectivity index is 1.77. The number of nitrogens with one attached hydrogen (secondary N) is 1. The van der Waals surface area contributed by atoms with E-state index in [4.69, 9.17) is 4.74 Å². The molecule has 2 rings (SSSR count). The topological polar surface area (TPSA) is 34.2 Å². The Hall–Kier alpha value is 0.0300. The molecule has 1 N–H and O–H groups in total. The Morgan fingerprint density at radius 3 is 3.00 bits per heavy atom. The molecular weight excluding hydrogens is 348 g/mol. The first-order chi connectivity index (χ1) is 8.25. The average molecular weight is 364 g/mol. The normalized spacial score (nSPS) is 20.5. The Bertz CT molecular complexity index is 368. The highest BCUT2D eigenvalue weighted by molar-refractivity contribution is 9.11. The van der Waals surface area contributed by atoms with E-state index in [9.17, 15) is 0 Å². The fourth-order valence-electron chi connectivity index (χ4n) is 1.89. The summed E-state index contributed by atoms with van der Waals surface area (Å²) >= 11 is 6.90. The van der Waals surface area contributed by atoms with E-state index in [-0.39, 0.29) is 0 Å². The minimum absolute atomic E-state index is 0.373. The van der Waals surface area contributed by atoms with Crippen LogP contribution in [-0.4, -0.2) is 24.2 Å². The smallest absolute Gasteiger partial charge is 0.0699 e. The van der Waals surface area contributed by atoms with Crippen molar-refractivity contribution >= 4 is 31.9 Å². The number of hydrogen-bond acceptors (Lipinski definition) is 3. The average Bonchev–Trinajstić information content (AvgIpc) is 2.33. The van der Waals surface area contributed by atoms with Crippen LogP contribution in [0.1, 0.15) is 25.0 Å². The predicted molar refractivity (Wildman–Crippen MR) is 74.9 cm³/mol. The largest absolute Gasteiger partial charge is 0.377 e. The highest BCUT2D eigenvalue weighted by Crippen LogP contribution is 2.19. The van der Waals surface area contributed by atoms with Gasteiger partial charge in [0.05, 0.1) is 11.8 Å². The van der Waals surface area contributed by atoms with Gasteiger partial charge in [-0.25, -0.2) is 0 Å². The van der Waals surface area contributed by atoms with Crippen LogP contribution in [0.25, 0.3) is 0 Å². The molecule has 0 amide bonds. The Kier molecular flexibility index (Phi) is 5.41. The summed E-state index contributed by atoms with van der Waals surface area (Å²) in [5.74, 6) is 0. The standard InChI is InChI=1S/C12H16Br2N2O/c13-9-5-11(14)12(16-6-9)8-15-7-10-3-1-2-4-17-10/h5-6,10,15H,1-4,7-8H2. The Morgan fingerprint density at radius 1 is 1.41 bits per heavy atom. The molecule has 0 saturated carbocycles. The molecule has 0 aromatic carbocycles. The minimum atomic E-state index is 0.373. The molecule has 1 atom stereocenters. The third kappa shape index (κ3) is 4.32. The molecule has 94 valence electrons. The van der Waals surface area contributed by atoms with Crippen molar-refractivity contribution < 1.29 is 4.74 Å². The van der Waals surface area contributed by atoms with Gasteiger partial charge in [0, 0.05) is 34.8 Å². The van der Waals surface area contributed by atoms with Crippen LogP contribution in [-0.2, 0) is 11.3 Å². The molecule has 0 bridgehead atoms. The third-order valence-electron chi connectivity index (χ3n) is 2.82. The van der Waals surface area contributed by atoms with E-state index < -0.39 is 0 Å². The fourth-order valence-corrected chi connectivity index (χ4v) is 3.02. The second-order valence-electron chi connectivity index (χ2n) is 4.20. The molecular formula is C12H16Br2N2O. The van der Waals surface area contributed by atoms with Gasteiger partial charge < -0.3 is 10.1 Å². The van der Waals surface area contributed by atoms with Gasteiger partial charge in [-0.15, -0.1) is 0 Å². The van der Waals surface area contributed by atoms with Crippen LogP contribution < -0.4 is 5.32 Å². The second kappa shape index (κ2) is 6.83. The zero-order valence-corrected chi connectivity index (χ0v) is 12.8. The maximum Gasteiger partial charge on any atom is 0.0699 e. The van der Waals surface area contributed by atoms with Crippen LogP contribution in [0.2, 0.25) is 0 Å². The highest BCUT2D eigenvalue weighted by atomic mass is 79.9. The zero-order valence-electron chi connectivity index (χ0n) is 9.59. The quantitative estimate of drug-likeness (QED) is 0.891. The van der Waals surface area contributed by atoms with E-state index in [2.05, 4.69) is 42.2 Å². The molecule has 3 nitrogen and oxygen atoms in total. The number of aromatic nitrogens is 1. The van der Waals surface area contributed by atoms with Crippen LogP contribution >= 0.6 is 31.9 Å². The van der Waals surface area contributed by atoms with Gasteiger partial charge >= 0.3 is 0 Å². The molecule has 17 heavy (non-hydrogen) atoms. The summed E-state index contributed by atoms with van der Waals surface area (Å²) in [6, 6.07) is 2.02. The van der Waals surface area contributed by atoms with Crippen LogP contribution in [0.4, 0.5) is 0 Å². The van der Waals surface area contributed by atoms with Crippen LogP contribution in [0.5, 0.6) is 0 Å². The molecule has 1 saturated heterocycles. The molecule has 5 heteroatoms. The Labute approximate surface area is 119 Å². The molecule has 0 spiro atoms. The van der Waals surface area contributed by atoms with Gasteiger partial charge in [-0.05, 0) is 57.2 Å².